The smallest absolute Gasteiger partial charge is 0.306 e. The van der Waals surface area contributed by atoms with Gasteiger partial charge in [-0.15, -0.1) is 0 Å². The van der Waals surface area contributed by atoms with Crippen molar-refractivity contribution in [1.82, 2.24) is 0 Å². The number of unbranched alkanes of at least 4 members (excludes halogenated alkanes) is 46. The first kappa shape index (κ1) is 79.1. The van der Waals surface area contributed by atoms with Gasteiger partial charge in [-0.05, 0) is 83.5 Å². The van der Waals surface area contributed by atoms with Crippen LogP contribution in [0.4, 0.5) is 0 Å². The van der Waals surface area contributed by atoms with Crippen molar-refractivity contribution in [2.75, 3.05) is 13.2 Å². The van der Waals surface area contributed by atoms with E-state index in [1.165, 1.54) is 244 Å². The predicted molar refractivity (Wildman–Crippen MR) is 358 cm³/mol. The third-order valence-electron chi connectivity index (χ3n) is 16.3. The maximum atomic E-state index is 13.0. The lowest BCUT2D eigenvalue weighted by atomic mass is 10.0. The molecule has 82 heavy (non-hydrogen) atoms. The van der Waals surface area contributed by atoms with Crippen LogP contribution in [0.3, 0.4) is 0 Å². The van der Waals surface area contributed by atoms with Crippen LogP contribution in [-0.4, -0.2) is 37.2 Å². The van der Waals surface area contributed by atoms with E-state index in [2.05, 4.69) is 81.5 Å². The molecule has 0 radical (unpaired) electrons. The van der Waals surface area contributed by atoms with Crippen molar-refractivity contribution in [2.24, 2.45) is 0 Å². The van der Waals surface area contributed by atoms with E-state index in [-0.39, 0.29) is 31.1 Å². The molecule has 0 aliphatic rings. The van der Waals surface area contributed by atoms with Gasteiger partial charge in [0.25, 0.3) is 0 Å². The monoisotopic (exact) mass is 1150 g/mol. The van der Waals surface area contributed by atoms with Crippen molar-refractivity contribution in [3.63, 3.8) is 0 Å². The molecule has 6 nitrogen and oxygen atoms in total. The third kappa shape index (κ3) is 67.9. The number of carbonyl (C=O) groups excluding carboxylic acids is 3. The highest BCUT2D eigenvalue weighted by atomic mass is 16.6. The molecule has 1 atom stereocenters. The molecule has 0 saturated carbocycles. The number of hydrogen-bond donors (Lipinski definition) is 0. The number of hydrogen-bond acceptors (Lipinski definition) is 6. The second-order valence-electron chi connectivity index (χ2n) is 24.5. The molecule has 1 unspecified atom stereocenters. The molecule has 0 bridgehead atoms. The first-order valence-electron chi connectivity index (χ1n) is 36.3. The Morgan fingerprint density at radius 2 is 0.476 bits per heavy atom. The summed E-state index contributed by atoms with van der Waals surface area (Å²) in [5, 5.41) is 0. The van der Waals surface area contributed by atoms with Gasteiger partial charge in [0.1, 0.15) is 13.2 Å². The quantitative estimate of drug-likeness (QED) is 0.0261. The van der Waals surface area contributed by atoms with Crippen LogP contribution in [0, 0.1) is 0 Å². The van der Waals surface area contributed by atoms with Crippen molar-refractivity contribution in [1.29, 1.82) is 0 Å². The van der Waals surface area contributed by atoms with Gasteiger partial charge >= 0.3 is 17.9 Å². The Hall–Kier alpha value is -2.89. The number of esters is 3. The van der Waals surface area contributed by atoms with Crippen LogP contribution < -0.4 is 0 Å². The van der Waals surface area contributed by atoms with Gasteiger partial charge in [0, 0.05) is 19.3 Å². The number of ether oxygens (including phenoxy) is 3. The zero-order valence-corrected chi connectivity index (χ0v) is 55.0. The van der Waals surface area contributed by atoms with Gasteiger partial charge in [-0.1, -0.05) is 345 Å². The molecular formula is C76H138O6. The molecule has 0 saturated heterocycles. The molecular weight excluding hydrogens is 1010 g/mol. The van der Waals surface area contributed by atoms with Gasteiger partial charge in [-0.3, -0.25) is 14.4 Å². The van der Waals surface area contributed by atoms with E-state index in [1.54, 1.807) is 0 Å². The van der Waals surface area contributed by atoms with E-state index in [9.17, 15) is 14.4 Å². The van der Waals surface area contributed by atoms with Crippen LogP contribution in [0.15, 0.2) is 60.8 Å². The molecule has 0 spiro atoms. The molecule has 478 valence electrons. The zero-order chi connectivity index (χ0) is 59.2. The Kier molecular flexibility index (Phi) is 68.1. The van der Waals surface area contributed by atoms with E-state index in [4.69, 9.17) is 14.2 Å². The molecule has 0 heterocycles. The third-order valence-corrected chi connectivity index (χ3v) is 16.3. The van der Waals surface area contributed by atoms with Crippen molar-refractivity contribution >= 4 is 17.9 Å². The molecule has 0 N–H and O–H groups in total. The molecule has 0 rings (SSSR count). The fourth-order valence-corrected chi connectivity index (χ4v) is 10.8. The second-order valence-corrected chi connectivity index (χ2v) is 24.5. The van der Waals surface area contributed by atoms with E-state index in [0.717, 1.165) is 103 Å². The average molecular weight is 1150 g/mol. The van der Waals surface area contributed by atoms with E-state index in [1.807, 2.05) is 0 Å². The molecule has 0 aromatic heterocycles. The summed E-state index contributed by atoms with van der Waals surface area (Å²) in [6, 6.07) is 0. The predicted octanol–water partition coefficient (Wildman–Crippen LogP) is 25.1. The van der Waals surface area contributed by atoms with Crippen molar-refractivity contribution in [2.45, 2.75) is 393 Å². The molecule has 0 aromatic carbocycles. The Bertz CT molecular complexity index is 1460. The summed E-state index contributed by atoms with van der Waals surface area (Å²) in [6.45, 7) is 6.57. The highest BCUT2D eigenvalue weighted by Crippen LogP contribution is 2.18. The van der Waals surface area contributed by atoms with E-state index in [0.29, 0.717) is 19.3 Å². The minimum atomic E-state index is -0.780. The minimum absolute atomic E-state index is 0.0750. The zero-order valence-electron chi connectivity index (χ0n) is 55.0. The highest BCUT2D eigenvalue weighted by molar-refractivity contribution is 5.71. The fourth-order valence-electron chi connectivity index (χ4n) is 10.8. The van der Waals surface area contributed by atoms with Gasteiger partial charge in [-0.2, -0.15) is 0 Å². The van der Waals surface area contributed by atoms with Gasteiger partial charge < -0.3 is 14.2 Å². The topological polar surface area (TPSA) is 78.9 Å². The first-order valence-corrected chi connectivity index (χ1v) is 36.3. The lowest BCUT2D eigenvalue weighted by Crippen LogP contribution is -2.30. The Balaban J connectivity index is 4.23. The van der Waals surface area contributed by atoms with Crippen molar-refractivity contribution < 1.29 is 28.6 Å². The fraction of sp³-hybridized carbons (Fsp3) is 0.829. The van der Waals surface area contributed by atoms with Crippen LogP contribution in [0.25, 0.3) is 0 Å². The number of allylic oxidation sites excluding steroid dienone is 10. The lowest BCUT2D eigenvalue weighted by molar-refractivity contribution is -0.167. The van der Waals surface area contributed by atoms with Crippen LogP contribution in [-0.2, 0) is 28.6 Å². The molecule has 0 amide bonds. The summed E-state index contributed by atoms with van der Waals surface area (Å²) in [5.74, 6) is -0.866. The van der Waals surface area contributed by atoms with Crippen molar-refractivity contribution in [3.8, 4) is 0 Å². The summed E-state index contributed by atoms with van der Waals surface area (Å²) in [7, 11) is 0. The Labute approximate surface area is 510 Å². The van der Waals surface area contributed by atoms with Crippen molar-refractivity contribution in [3.05, 3.63) is 60.8 Å². The van der Waals surface area contributed by atoms with Gasteiger partial charge in [0.05, 0.1) is 0 Å². The molecule has 0 fully saturated rings. The molecule has 0 aliphatic carbocycles. The minimum Gasteiger partial charge on any atom is -0.462 e. The first-order chi connectivity index (χ1) is 40.5. The maximum absolute atomic E-state index is 13.0. The normalized spacial score (nSPS) is 12.4. The van der Waals surface area contributed by atoms with Crippen LogP contribution in [0.2, 0.25) is 0 Å². The Morgan fingerprint density at radius 1 is 0.256 bits per heavy atom. The standard InChI is InChI=1S/C76H138O6/c1-4-7-10-13-16-19-22-25-28-30-32-34-35-36-37-38-39-40-41-42-44-45-48-51-54-57-60-63-66-69-75(78)81-72-73(71-80-74(77)68-65-62-59-56-53-50-47-27-24-21-18-15-12-9-6-3)82-76(79)70-67-64-61-58-55-52-49-46-43-33-31-29-26-23-20-17-14-11-8-5-2/h9,12,18,21-22,25,27,30,32,47,73H,4-8,10-11,13-17,19-20,23-24,26,28-29,31,33-46,48-72H2,1-3H3/b12-9-,21-18-,25-22-,32-30-,47-27-. The summed E-state index contributed by atoms with van der Waals surface area (Å²) >= 11 is 0. The SMILES string of the molecule is CC/C=C\C/C=C\C/C=C\CCCCCCCC(=O)OCC(COC(=O)CCCCCCCCCCCCCCCCCCC/C=C\C/C=C\CCCCCCC)OC(=O)CCCCCCCCCCCCCCCCCCCCCC. The summed E-state index contributed by atoms with van der Waals surface area (Å²) < 4.78 is 17.0. The van der Waals surface area contributed by atoms with E-state index >= 15 is 0 Å². The largest absolute Gasteiger partial charge is 0.462 e. The number of carbonyl (C=O) groups is 3. The molecule has 0 aliphatic heterocycles. The van der Waals surface area contributed by atoms with Gasteiger partial charge in [0.2, 0.25) is 0 Å². The average Bonchev–Trinajstić information content (AvgIpc) is 3.47. The summed E-state index contributed by atoms with van der Waals surface area (Å²) in [4.78, 5) is 38.5. The molecule has 6 heteroatoms. The molecule has 0 aromatic rings. The van der Waals surface area contributed by atoms with E-state index < -0.39 is 6.10 Å². The van der Waals surface area contributed by atoms with Gasteiger partial charge in [-0.25, -0.2) is 0 Å². The maximum Gasteiger partial charge on any atom is 0.306 e. The summed E-state index contributed by atoms with van der Waals surface area (Å²) in [5.41, 5.74) is 0. The Morgan fingerprint density at radius 3 is 0.744 bits per heavy atom. The van der Waals surface area contributed by atoms with Crippen LogP contribution >= 0.6 is 0 Å². The number of rotatable bonds is 67. The second kappa shape index (κ2) is 70.6. The lowest BCUT2D eigenvalue weighted by Gasteiger charge is -2.18. The summed E-state index contributed by atoms with van der Waals surface area (Å²) in [6.07, 6.45) is 91.2. The van der Waals surface area contributed by atoms with Crippen LogP contribution in [0.1, 0.15) is 387 Å². The van der Waals surface area contributed by atoms with Gasteiger partial charge in [0.15, 0.2) is 6.10 Å². The highest BCUT2D eigenvalue weighted by Gasteiger charge is 2.19. The van der Waals surface area contributed by atoms with Crippen LogP contribution in [0.5, 0.6) is 0 Å².